The van der Waals surface area contributed by atoms with Crippen molar-refractivity contribution in [3.63, 3.8) is 0 Å². The van der Waals surface area contributed by atoms with Crippen molar-refractivity contribution < 1.29 is 9.59 Å². The van der Waals surface area contributed by atoms with Crippen molar-refractivity contribution in [3.8, 4) is 0 Å². The number of hydrogen-bond donors (Lipinski definition) is 1. The van der Waals surface area contributed by atoms with Gasteiger partial charge in [0.1, 0.15) is 0 Å². The molecule has 1 aliphatic rings. The van der Waals surface area contributed by atoms with Crippen LogP contribution in [0, 0.1) is 6.92 Å². The van der Waals surface area contributed by atoms with Crippen LogP contribution in [0.2, 0.25) is 0 Å². The predicted octanol–water partition coefficient (Wildman–Crippen LogP) is -0.103. The van der Waals surface area contributed by atoms with E-state index in [1.165, 1.54) is 29.3 Å². The molecule has 3 heterocycles. The van der Waals surface area contributed by atoms with Gasteiger partial charge in [-0.05, 0) is 13.3 Å². The Morgan fingerprint density at radius 1 is 1.44 bits per heavy atom. The molecule has 2 amide bonds. The molecule has 9 nitrogen and oxygen atoms in total. The van der Waals surface area contributed by atoms with E-state index in [1.54, 1.807) is 23.8 Å². The van der Waals surface area contributed by atoms with E-state index in [4.69, 9.17) is 0 Å². The summed E-state index contributed by atoms with van der Waals surface area (Å²) in [5.74, 6) is 0.499. The fraction of sp³-hybridized carbons (Fsp3) is 0.533. The number of rotatable bonds is 4. The summed E-state index contributed by atoms with van der Waals surface area (Å²) >= 11 is 1.23. The van der Waals surface area contributed by atoms with Gasteiger partial charge in [-0.15, -0.1) is 0 Å². The quantitative estimate of drug-likeness (QED) is 0.760. The summed E-state index contributed by atoms with van der Waals surface area (Å²) in [6.45, 7) is 4.45. The Hall–Kier alpha value is -2.36. The molecular weight excluding hydrogens is 344 g/mol. The third kappa shape index (κ3) is 3.68. The van der Waals surface area contributed by atoms with Gasteiger partial charge in [-0.1, -0.05) is 11.8 Å². The van der Waals surface area contributed by atoms with Gasteiger partial charge in [0.2, 0.25) is 11.8 Å². The summed E-state index contributed by atoms with van der Waals surface area (Å²) in [6.07, 6.45) is 0.787. The number of nitrogens with zero attached hydrogens (tertiary/aromatic N) is 5. The van der Waals surface area contributed by atoms with Gasteiger partial charge in [0.25, 0.3) is 11.3 Å². The van der Waals surface area contributed by atoms with Crippen LogP contribution in [0.1, 0.15) is 19.0 Å². The van der Waals surface area contributed by atoms with Crippen molar-refractivity contribution >= 4 is 29.4 Å². The van der Waals surface area contributed by atoms with Crippen molar-refractivity contribution in [2.24, 2.45) is 0 Å². The zero-order valence-electron chi connectivity index (χ0n) is 14.4. The first-order chi connectivity index (χ1) is 11.8. The van der Waals surface area contributed by atoms with E-state index in [2.05, 4.69) is 15.1 Å². The minimum Gasteiger partial charge on any atom is -0.341 e. The minimum atomic E-state index is -0.233. The van der Waals surface area contributed by atoms with Crippen molar-refractivity contribution in [2.45, 2.75) is 31.5 Å². The summed E-state index contributed by atoms with van der Waals surface area (Å²) in [5.41, 5.74) is 0.365. The number of likely N-dealkylation sites (tertiary alicyclic amines) is 1. The van der Waals surface area contributed by atoms with E-state index in [-0.39, 0.29) is 29.2 Å². The number of fused-ring (bicyclic) bond motifs is 1. The second kappa shape index (κ2) is 6.87. The third-order valence-electron chi connectivity index (χ3n) is 4.33. The van der Waals surface area contributed by atoms with Gasteiger partial charge < -0.3 is 9.80 Å². The van der Waals surface area contributed by atoms with Crippen LogP contribution in [0.15, 0.2) is 16.0 Å². The Morgan fingerprint density at radius 3 is 2.92 bits per heavy atom. The first-order valence-electron chi connectivity index (χ1n) is 7.95. The van der Waals surface area contributed by atoms with Crippen LogP contribution < -0.4 is 5.56 Å². The van der Waals surface area contributed by atoms with E-state index in [9.17, 15) is 14.4 Å². The first kappa shape index (κ1) is 17.5. The van der Waals surface area contributed by atoms with Crippen LogP contribution in [0.25, 0.3) is 5.78 Å². The number of likely N-dealkylation sites (N-methyl/N-ethyl adjacent to an activating group) is 1. The minimum absolute atomic E-state index is 0.00387. The summed E-state index contributed by atoms with van der Waals surface area (Å²) in [7, 11) is 1.76. The molecule has 1 aliphatic heterocycles. The SMILES string of the molecule is CC(=O)N(C)[C@@H]1CCN(C(=O)CSc2nc3nc(C)cc(=O)n3[nH]2)C1. The Labute approximate surface area is 148 Å². The Morgan fingerprint density at radius 2 is 2.20 bits per heavy atom. The normalized spacial score (nSPS) is 17.2. The van der Waals surface area contributed by atoms with E-state index in [0.29, 0.717) is 29.7 Å². The summed E-state index contributed by atoms with van der Waals surface area (Å²) < 4.78 is 1.26. The van der Waals surface area contributed by atoms with Gasteiger partial charge in [-0.2, -0.15) is 9.50 Å². The smallest absolute Gasteiger partial charge is 0.274 e. The second-order valence-electron chi connectivity index (χ2n) is 6.10. The van der Waals surface area contributed by atoms with Crippen LogP contribution in [-0.2, 0) is 9.59 Å². The van der Waals surface area contributed by atoms with Crippen molar-refractivity contribution in [2.75, 3.05) is 25.9 Å². The molecule has 25 heavy (non-hydrogen) atoms. The maximum Gasteiger partial charge on any atom is 0.274 e. The van der Waals surface area contributed by atoms with Crippen molar-refractivity contribution in [3.05, 3.63) is 22.1 Å². The average molecular weight is 364 g/mol. The lowest BCUT2D eigenvalue weighted by molar-refractivity contribution is -0.131. The molecule has 0 aromatic carbocycles. The van der Waals surface area contributed by atoms with Gasteiger partial charge in [0, 0.05) is 38.8 Å². The zero-order chi connectivity index (χ0) is 18.1. The Balaban J connectivity index is 1.61. The lowest BCUT2D eigenvalue weighted by Gasteiger charge is -2.23. The molecule has 0 unspecified atom stereocenters. The lowest BCUT2D eigenvalue weighted by atomic mass is 10.2. The van der Waals surface area contributed by atoms with Gasteiger partial charge in [-0.25, -0.2) is 4.98 Å². The maximum atomic E-state index is 12.4. The number of nitrogens with one attached hydrogen (secondary N) is 1. The monoisotopic (exact) mass is 364 g/mol. The highest BCUT2D eigenvalue weighted by molar-refractivity contribution is 7.99. The van der Waals surface area contributed by atoms with E-state index < -0.39 is 0 Å². The highest BCUT2D eigenvalue weighted by Crippen LogP contribution is 2.18. The van der Waals surface area contributed by atoms with Crippen LogP contribution >= 0.6 is 11.8 Å². The standard InChI is InChI=1S/C15H20N6O3S/c1-9-6-12(23)21-14(16-9)17-15(18-21)25-8-13(24)20-5-4-11(7-20)19(3)10(2)22/h6,11H,4-5,7-8H2,1-3H3,(H,16,17,18)/t11-/m1/s1. The van der Waals surface area contributed by atoms with Crippen molar-refractivity contribution in [1.82, 2.24) is 29.4 Å². The second-order valence-corrected chi connectivity index (χ2v) is 7.06. The predicted molar refractivity (Wildman–Crippen MR) is 92.5 cm³/mol. The summed E-state index contributed by atoms with van der Waals surface area (Å²) in [5, 5.41) is 3.32. The molecule has 1 saturated heterocycles. The number of thioether (sulfide) groups is 1. The van der Waals surface area contributed by atoms with E-state index in [1.807, 2.05) is 0 Å². The fourth-order valence-corrected chi connectivity index (χ4v) is 3.55. The van der Waals surface area contributed by atoms with Crippen LogP contribution in [0.4, 0.5) is 0 Å². The van der Waals surface area contributed by atoms with E-state index >= 15 is 0 Å². The van der Waals surface area contributed by atoms with Crippen LogP contribution in [0.3, 0.4) is 0 Å². The van der Waals surface area contributed by atoms with Crippen molar-refractivity contribution in [1.29, 1.82) is 0 Å². The molecule has 0 bridgehead atoms. The fourth-order valence-electron chi connectivity index (χ4n) is 2.80. The number of carbonyl (C=O) groups is 2. The Bertz CT molecular complexity index is 876. The molecule has 2 aromatic rings. The number of aromatic nitrogens is 4. The lowest BCUT2D eigenvalue weighted by Crippen LogP contribution is -2.39. The first-order valence-corrected chi connectivity index (χ1v) is 8.94. The molecule has 134 valence electrons. The number of H-pyrrole nitrogens is 1. The number of hydrogen-bond acceptors (Lipinski definition) is 6. The molecule has 0 saturated carbocycles. The highest BCUT2D eigenvalue weighted by atomic mass is 32.2. The number of carbonyl (C=O) groups excluding carboxylic acids is 2. The molecule has 0 radical (unpaired) electrons. The number of amides is 2. The molecule has 1 atom stereocenters. The molecule has 0 aliphatic carbocycles. The molecule has 0 spiro atoms. The van der Waals surface area contributed by atoms with Crippen LogP contribution in [-0.4, -0.2) is 73.1 Å². The average Bonchev–Trinajstić information content (AvgIpc) is 3.18. The molecule has 10 heteroatoms. The van der Waals surface area contributed by atoms with Gasteiger partial charge in [0.15, 0.2) is 5.16 Å². The number of aromatic amines is 1. The summed E-state index contributed by atoms with van der Waals surface area (Å²) in [6, 6.07) is 1.49. The highest BCUT2D eigenvalue weighted by Gasteiger charge is 2.29. The molecular formula is C15H20N6O3S. The Kier molecular flexibility index (Phi) is 4.80. The number of aryl methyl sites for hydroxylation is 1. The van der Waals surface area contributed by atoms with E-state index in [0.717, 1.165) is 6.42 Å². The maximum absolute atomic E-state index is 12.4. The third-order valence-corrected chi connectivity index (χ3v) is 5.18. The molecule has 3 rings (SSSR count). The topological polar surface area (TPSA) is 104 Å². The largest absolute Gasteiger partial charge is 0.341 e. The van der Waals surface area contributed by atoms with Gasteiger partial charge >= 0.3 is 0 Å². The summed E-state index contributed by atoms with van der Waals surface area (Å²) in [4.78, 5) is 47.5. The van der Waals surface area contributed by atoms with Gasteiger partial charge in [0.05, 0.1) is 11.8 Å². The van der Waals surface area contributed by atoms with Gasteiger partial charge in [-0.3, -0.25) is 19.5 Å². The molecule has 2 aromatic heterocycles. The van der Waals surface area contributed by atoms with Crippen LogP contribution in [0.5, 0.6) is 0 Å². The molecule has 1 fully saturated rings. The zero-order valence-corrected chi connectivity index (χ0v) is 15.2. The molecule has 1 N–H and O–H groups in total.